The predicted molar refractivity (Wildman–Crippen MR) is 91.9 cm³/mol. The first kappa shape index (κ1) is 25.1. The van der Waals surface area contributed by atoms with E-state index in [-0.39, 0.29) is 13.2 Å². The van der Waals surface area contributed by atoms with Gasteiger partial charge in [0.15, 0.2) is 24.6 Å². The Hall–Kier alpha value is -2.93. The molecule has 13 heteroatoms. The Balaban J connectivity index is 3.17. The number of rotatable bonds is 9. The number of hydrogen-bond donors (Lipinski definition) is 1. The molecule has 0 saturated carbocycles. The zero-order valence-electron chi connectivity index (χ0n) is 16.9. The molecule has 1 aliphatic rings. The molecule has 1 aliphatic heterocycles. The van der Waals surface area contributed by atoms with Crippen LogP contribution in [0.1, 0.15) is 27.7 Å². The molecule has 0 aromatic rings. The van der Waals surface area contributed by atoms with Crippen molar-refractivity contribution in [3.05, 3.63) is 0 Å². The Morgan fingerprint density at radius 1 is 0.733 bits per heavy atom. The molecule has 5 atom stereocenters. The molecule has 13 nitrogen and oxygen atoms in total. The SMILES string of the molecule is CC(=O)OCC1O[C@@H](OCCOC(=O)O)C(OC(C)=O)C(OC(C)=O)[C@H]1OC(C)=O. The van der Waals surface area contributed by atoms with Crippen molar-refractivity contribution in [1.29, 1.82) is 0 Å². The van der Waals surface area contributed by atoms with Crippen molar-refractivity contribution in [2.24, 2.45) is 0 Å². The van der Waals surface area contributed by atoms with E-state index in [1.165, 1.54) is 0 Å². The molecule has 0 aromatic carbocycles. The summed E-state index contributed by atoms with van der Waals surface area (Å²) < 4.78 is 35.8. The van der Waals surface area contributed by atoms with Gasteiger partial charge in [-0.1, -0.05) is 0 Å². The van der Waals surface area contributed by atoms with Crippen LogP contribution in [0.4, 0.5) is 4.79 Å². The standard InChI is InChI=1S/C17H24O13/c1-8(18)26-7-12-13(27-9(2)19)14(28-10(3)20)15(29-11(4)21)16(30-12)24-5-6-25-17(22)23/h12-16H,5-7H2,1-4H3,(H,22,23)/t12?,13-,14?,15?,16+/m0/s1. The Labute approximate surface area is 171 Å². The van der Waals surface area contributed by atoms with Gasteiger partial charge in [-0.2, -0.15) is 0 Å². The summed E-state index contributed by atoms with van der Waals surface area (Å²) in [6, 6.07) is 0. The molecule has 1 saturated heterocycles. The van der Waals surface area contributed by atoms with Crippen molar-refractivity contribution in [2.45, 2.75) is 58.4 Å². The molecular formula is C17H24O13. The minimum Gasteiger partial charge on any atom is -0.463 e. The van der Waals surface area contributed by atoms with E-state index in [1.807, 2.05) is 0 Å². The second kappa shape index (κ2) is 11.9. The summed E-state index contributed by atoms with van der Waals surface area (Å²) in [5.41, 5.74) is 0. The smallest absolute Gasteiger partial charge is 0.463 e. The number of carbonyl (C=O) groups is 5. The first-order chi connectivity index (χ1) is 14.0. The van der Waals surface area contributed by atoms with Gasteiger partial charge >= 0.3 is 30.0 Å². The molecule has 0 aromatic heterocycles. The van der Waals surface area contributed by atoms with Gasteiger partial charge in [-0.3, -0.25) is 19.2 Å². The summed E-state index contributed by atoms with van der Waals surface area (Å²) in [6.07, 6.45) is -8.11. The lowest BCUT2D eigenvalue weighted by Gasteiger charge is -2.44. The second-order valence-electron chi connectivity index (χ2n) is 6.05. The zero-order chi connectivity index (χ0) is 22.8. The molecule has 1 fully saturated rings. The number of carboxylic acid groups (broad SMARTS) is 1. The van der Waals surface area contributed by atoms with Gasteiger partial charge in [0.05, 0.1) is 6.61 Å². The second-order valence-corrected chi connectivity index (χ2v) is 6.05. The lowest BCUT2D eigenvalue weighted by molar-refractivity contribution is -0.308. The van der Waals surface area contributed by atoms with Gasteiger partial charge in [0.25, 0.3) is 0 Å². The Kier molecular flexibility index (Phi) is 9.98. The van der Waals surface area contributed by atoms with Crippen LogP contribution in [-0.2, 0) is 52.3 Å². The highest BCUT2D eigenvalue weighted by Crippen LogP contribution is 2.29. The van der Waals surface area contributed by atoms with Gasteiger partial charge in [0.1, 0.15) is 19.3 Å². The monoisotopic (exact) mass is 436 g/mol. The quantitative estimate of drug-likeness (QED) is 0.286. The van der Waals surface area contributed by atoms with Gasteiger partial charge < -0.3 is 38.3 Å². The van der Waals surface area contributed by atoms with Crippen molar-refractivity contribution in [3.63, 3.8) is 0 Å². The number of hydrogen-bond acceptors (Lipinski definition) is 12. The number of carbonyl (C=O) groups excluding carboxylic acids is 4. The van der Waals surface area contributed by atoms with Crippen LogP contribution in [0.3, 0.4) is 0 Å². The van der Waals surface area contributed by atoms with Crippen molar-refractivity contribution >= 4 is 30.0 Å². The third-order valence-corrected chi connectivity index (χ3v) is 3.54. The van der Waals surface area contributed by atoms with Crippen LogP contribution in [0.5, 0.6) is 0 Å². The first-order valence-corrected chi connectivity index (χ1v) is 8.79. The van der Waals surface area contributed by atoms with Crippen LogP contribution in [0.15, 0.2) is 0 Å². The molecule has 1 heterocycles. The van der Waals surface area contributed by atoms with E-state index < -0.39 is 67.3 Å². The Morgan fingerprint density at radius 2 is 1.27 bits per heavy atom. The molecule has 0 radical (unpaired) electrons. The van der Waals surface area contributed by atoms with Gasteiger partial charge in [-0.05, 0) is 0 Å². The molecule has 3 unspecified atom stereocenters. The molecule has 0 amide bonds. The van der Waals surface area contributed by atoms with Gasteiger partial charge in [-0.15, -0.1) is 0 Å². The van der Waals surface area contributed by atoms with E-state index in [0.717, 1.165) is 27.7 Å². The third kappa shape index (κ3) is 8.61. The maximum Gasteiger partial charge on any atom is 0.505 e. The van der Waals surface area contributed by atoms with E-state index >= 15 is 0 Å². The molecule has 0 spiro atoms. The lowest BCUT2D eigenvalue weighted by atomic mass is 9.98. The Morgan fingerprint density at radius 3 is 1.77 bits per heavy atom. The maximum atomic E-state index is 11.6. The van der Waals surface area contributed by atoms with Crippen LogP contribution < -0.4 is 0 Å². The summed E-state index contributed by atoms with van der Waals surface area (Å²) >= 11 is 0. The normalized spacial score (nSPS) is 25.5. The number of ether oxygens (including phenoxy) is 7. The van der Waals surface area contributed by atoms with E-state index in [2.05, 4.69) is 4.74 Å². The fourth-order valence-corrected chi connectivity index (χ4v) is 2.62. The van der Waals surface area contributed by atoms with Crippen LogP contribution in [0.2, 0.25) is 0 Å². The van der Waals surface area contributed by atoms with Crippen LogP contribution in [0, 0.1) is 0 Å². The summed E-state index contributed by atoms with van der Waals surface area (Å²) in [7, 11) is 0. The summed E-state index contributed by atoms with van der Waals surface area (Å²) in [4.78, 5) is 56.4. The zero-order valence-corrected chi connectivity index (χ0v) is 16.9. The van der Waals surface area contributed by atoms with Crippen LogP contribution in [-0.4, -0.2) is 85.7 Å². The highest BCUT2D eigenvalue weighted by Gasteiger charge is 2.52. The van der Waals surface area contributed by atoms with Crippen molar-refractivity contribution in [1.82, 2.24) is 0 Å². The van der Waals surface area contributed by atoms with Gasteiger partial charge in [0.2, 0.25) is 0 Å². The van der Waals surface area contributed by atoms with Crippen LogP contribution >= 0.6 is 0 Å². The minimum absolute atomic E-state index is 0.306. The fourth-order valence-electron chi connectivity index (χ4n) is 2.62. The topological polar surface area (TPSA) is 170 Å². The molecule has 1 N–H and O–H groups in total. The van der Waals surface area contributed by atoms with Crippen molar-refractivity contribution < 1.29 is 62.2 Å². The van der Waals surface area contributed by atoms with Crippen LogP contribution in [0.25, 0.3) is 0 Å². The van der Waals surface area contributed by atoms with E-state index in [9.17, 15) is 24.0 Å². The molecule has 0 bridgehead atoms. The molecule has 0 aliphatic carbocycles. The summed E-state index contributed by atoms with van der Waals surface area (Å²) in [5.74, 6) is -2.98. The largest absolute Gasteiger partial charge is 0.505 e. The average Bonchev–Trinajstić information content (AvgIpc) is 2.60. The molecule has 170 valence electrons. The van der Waals surface area contributed by atoms with E-state index in [4.69, 9.17) is 33.5 Å². The van der Waals surface area contributed by atoms with Gasteiger partial charge in [0, 0.05) is 27.7 Å². The van der Waals surface area contributed by atoms with Crippen molar-refractivity contribution in [2.75, 3.05) is 19.8 Å². The maximum absolute atomic E-state index is 11.6. The first-order valence-electron chi connectivity index (χ1n) is 8.79. The third-order valence-electron chi connectivity index (χ3n) is 3.54. The van der Waals surface area contributed by atoms with E-state index in [0.29, 0.717) is 0 Å². The summed E-state index contributed by atoms with van der Waals surface area (Å²) in [5, 5.41) is 8.51. The van der Waals surface area contributed by atoms with E-state index in [1.54, 1.807) is 0 Å². The predicted octanol–water partition coefficient (Wildman–Crippen LogP) is -0.219. The highest BCUT2D eigenvalue weighted by atomic mass is 16.7. The fraction of sp³-hybridized carbons (Fsp3) is 0.706. The molecule has 1 rings (SSSR count). The van der Waals surface area contributed by atoms with Gasteiger partial charge in [-0.25, -0.2) is 4.79 Å². The summed E-state index contributed by atoms with van der Waals surface area (Å²) in [6.45, 7) is 3.34. The highest BCUT2D eigenvalue weighted by molar-refractivity contribution is 5.68. The van der Waals surface area contributed by atoms with Crippen molar-refractivity contribution in [3.8, 4) is 0 Å². The minimum atomic E-state index is -1.53. The lowest BCUT2D eigenvalue weighted by Crippen LogP contribution is -2.63. The Bertz CT molecular complexity index is 646. The average molecular weight is 436 g/mol. The number of esters is 4. The molecular weight excluding hydrogens is 412 g/mol. The molecule has 30 heavy (non-hydrogen) atoms.